The van der Waals surface area contributed by atoms with Crippen LogP contribution in [0.1, 0.15) is 12.8 Å². The van der Waals surface area contributed by atoms with Crippen LogP contribution in [0.5, 0.6) is 0 Å². The lowest BCUT2D eigenvalue weighted by Crippen LogP contribution is -2.43. The Kier molecular flexibility index (Phi) is 5.95. The zero-order valence-electron chi connectivity index (χ0n) is 15.6. The molecule has 2 aromatic rings. The number of amides is 2. The fraction of sp³-hybridized carbons (Fsp3) is 0.556. The van der Waals surface area contributed by atoms with Gasteiger partial charge in [-0.15, -0.1) is 0 Å². The molecule has 0 bridgehead atoms. The van der Waals surface area contributed by atoms with E-state index in [0.29, 0.717) is 30.4 Å². The Hall–Kier alpha value is -2.32. The number of nitrogens with one attached hydrogen (secondary N) is 1. The lowest BCUT2D eigenvalue weighted by molar-refractivity contribution is 0.0820. The predicted molar refractivity (Wildman–Crippen MR) is 99.0 cm³/mol. The minimum Gasteiger partial charge on any atom is -0.463 e. The molecule has 8 heteroatoms. The minimum absolute atomic E-state index is 0.119. The lowest BCUT2D eigenvalue weighted by Gasteiger charge is -2.27. The molecule has 8 nitrogen and oxygen atoms in total. The Morgan fingerprint density at radius 2 is 2.27 bits per heavy atom. The molecule has 1 aliphatic heterocycles. The Labute approximate surface area is 153 Å². The highest BCUT2D eigenvalue weighted by Crippen LogP contribution is 2.22. The molecular weight excluding hydrogens is 334 g/mol. The summed E-state index contributed by atoms with van der Waals surface area (Å²) < 4.78 is 12.7. The number of ether oxygens (including phenoxy) is 1. The first-order valence-electron chi connectivity index (χ1n) is 8.93. The van der Waals surface area contributed by atoms with Crippen LogP contribution in [0.15, 0.2) is 28.9 Å². The highest BCUT2D eigenvalue weighted by Gasteiger charge is 2.23. The summed E-state index contributed by atoms with van der Waals surface area (Å²) in [6, 6.07) is 5.32. The van der Waals surface area contributed by atoms with Crippen molar-refractivity contribution in [3.8, 4) is 11.5 Å². The number of hydrogen-bond donors (Lipinski definition) is 1. The zero-order valence-corrected chi connectivity index (χ0v) is 15.6. The first kappa shape index (κ1) is 18.5. The average Bonchev–Trinajstić information content (AvgIpc) is 3.34. The Bertz CT molecular complexity index is 704. The number of carbonyl (C=O) groups is 1. The molecule has 3 heterocycles. The van der Waals surface area contributed by atoms with Crippen LogP contribution in [0, 0.1) is 0 Å². The maximum atomic E-state index is 12.8. The summed E-state index contributed by atoms with van der Waals surface area (Å²) in [5.74, 6) is 1.30. The van der Waals surface area contributed by atoms with Gasteiger partial charge in [-0.1, -0.05) is 0 Å². The fourth-order valence-corrected chi connectivity index (χ4v) is 2.95. The molecule has 2 aromatic heterocycles. The van der Waals surface area contributed by atoms with Gasteiger partial charge >= 0.3 is 6.03 Å². The van der Waals surface area contributed by atoms with Crippen LogP contribution in [0.25, 0.3) is 11.5 Å². The summed E-state index contributed by atoms with van der Waals surface area (Å²) in [6.45, 7) is 2.81. The number of rotatable bonds is 7. The van der Waals surface area contributed by atoms with Gasteiger partial charge in [0, 0.05) is 39.4 Å². The predicted octanol–water partition coefficient (Wildman–Crippen LogP) is 2.25. The number of hydrogen-bond acceptors (Lipinski definition) is 5. The Balaban J connectivity index is 1.67. The van der Waals surface area contributed by atoms with Crippen molar-refractivity contribution in [2.75, 3.05) is 45.7 Å². The molecule has 1 unspecified atom stereocenters. The van der Waals surface area contributed by atoms with Crippen molar-refractivity contribution in [3.05, 3.63) is 24.5 Å². The number of anilines is 1. The summed E-state index contributed by atoms with van der Waals surface area (Å²) in [4.78, 5) is 16.7. The van der Waals surface area contributed by atoms with Crippen LogP contribution in [0.4, 0.5) is 10.6 Å². The maximum Gasteiger partial charge on any atom is 0.323 e. The third-order valence-electron chi connectivity index (χ3n) is 4.44. The van der Waals surface area contributed by atoms with Crippen LogP contribution in [-0.2, 0) is 11.8 Å². The number of nitrogens with zero attached hydrogens (tertiary/aromatic N) is 4. The molecule has 0 spiro atoms. The number of aromatic nitrogens is 2. The lowest BCUT2D eigenvalue weighted by atomic mass is 10.2. The van der Waals surface area contributed by atoms with Crippen molar-refractivity contribution in [1.82, 2.24) is 19.6 Å². The first-order chi connectivity index (χ1) is 12.5. The van der Waals surface area contributed by atoms with E-state index in [0.717, 1.165) is 26.0 Å². The molecular formula is C18H27N5O3. The molecule has 0 radical (unpaired) electrons. The van der Waals surface area contributed by atoms with E-state index >= 15 is 0 Å². The molecule has 26 heavy (non-hydrogen) atoms. The first-order valence-corrected chi connectivity index (χ1v) is 8.93. The highest BCUT2D eigenvalue weighted by molar-refractivity contribution is 5.89. The van der Waals surface area contributed by atoms with Crippen LogP contribution < -0.4 is 5.32 Å². The molecule has 1 saturated heterocycles. The molecule has 142 valence electrons. The number of furan rings is 1. The summed E-state index contributed by atoms with van der Waals surface area (Å²) in [5.41, 5.74) is 0.687. The quantitative estimate of drug-likeness (QED) is 0.819. The van der Waals surface area contributed by atoms with Gasteiger partial charge in [-0.25, -0.2) is 4.79 Å². The molecule has 1 atom stereocenters. The molecule has 0 saturated carbocycles. The van der Waals surface area contributed by atoms with Crippen LogP contribution in [-0.4, -0.2) is 72.1 Å². The maximum absolute atomic E-state index is 12.8. The highest BCUT2D eigenvalue weighted by atomic mass is 16.5. The van der Waals surface area contributed by atoms with E-state index in [1.54, 1.807) is 18.0 Å². The van der Waals surface area contributed by atoms with Gasteiger partial charge in [-0.3, -0.25) is 10.00 Å². The smallest absolute Gasteiger partial charge is 0.323 e. The van der Waals surface area contributed by atoms with Crippen LogP contribution in [0.2, 0.25) is 0 Å². The van der Waals surface area contributed by atoms with E-state index in [2.05, 4.69) is 15.3 Å². The van der Waals surface area contributed by atoms with E-state index in [1.807, 2.05) is 37.2 Å². The van der Waals surface area contributed by atoms with Crippen molar-refractivity contribution in [3.63, 3.8) is 0 Å². The summed E-state index contributed by atoms with van der Waals surface area (Å²) in [6.07, 6.45) is 3.78. The molecule has 3 rings (SSSR count). The molecule has 1 aliphatic rings. The van der Waals surface area contributed by atoms with E-state index in [-0.39, 0.29) is 12.1 Å². The van der Waals surface area contributed by atoms with Gasteiger partial charge in [-0.05, 0) is 39.1 Å². The van der Waals surface area contributed by atoms with Crippen molar-refractivity contribution in [2.45, 2.75) is 18.9 Å². The van der Waals surface area contributed by atoms with Gasteiger partial charge in [0.15, 0.2) is 5.76 Å². The molecule has 1 fully saturated rings. The number of aryl methyl sites for hydroxylation is 1. The van der Waals surface area contributed by atoms with Gasteiger partial charge in [-0.2, -0.15) is 5.10 Å². The van der Waals surface area contributed by atoms with Crippen LogP contribution in [0.3, 0.4) is 0 Å². The average molecular weight is 361 g/mol. The third kappa shape index (κ3) is 4.64. The van der Waals surface area contributed by atoms with Crippen molar-refractivity contribution in [1.29, 1.82) is 0 Å². The topological polar surface area (TPSA) is 75.8 Å². The van der Waals surface area contributed by atoms with Gasteiger partial charge in [0.2, 0.25) is 0 Å². The largest absolute Gasteiger partial charge is 0.463 e. The standard InChI is InChI=1S/C18H27N5O3/c1-21(2)8-9-23(13-14-6-4-10-25-14)18(24)19-17-12-15(20-22(17)3)16-7-5-11-26-16/h5,7,11-12,14H,4,6,8-10,13H2,1-3H3,(H,19,24). The fourth-order valence-electron chi connectivity index (χ4n) is 2.95. The summed E-state index contributed by atoms with van der Waals surface area (Å²) in [7, 11) is 5.80. The zero-order chi connectivity index (χ0) is 18.5. The molecule has 0 aliphatic carbocycles. The van der Waals surface area contributed by atoms with E-state index in [9.17, 15) is 4.79 Å². The Morgan fingerprint density at radius 1 is 1.42 bits per heavy atom. The number of likely N-dealkylation sites (N-methyl/N-ethyl adjacent to an activating group) is 1. The van der Waals surface area contributed by atoms with Crippen LogP contribution >= 0.6 is 0 Å². The van der Waals surface area contributed by atoms with Gasteiger partial charge < -0.3 is 19.0 Å². The minimum atomic E-state index is -0.142. The number of urea groups is 1. The van der Waals surface area contributed by atoms with Gasteiger partial charge in [0.25, 0.3) is 0 Å². The van der Waals surface area contributed by atoms with Crippen molar-refractivity contribution >= 4 is 11.8 Å². The second-order valence-corrected chi connectivity index (χ2v) is 6.83. The van der Waals surface area contributed by atoms with Crippen molar-refractivity contribution < 1.29 is 13.9 Å². The van der Waals surface area contributed by atoms with Crippen molar-refractivity contribution in [2.24, 2.45) is 7.05 Å². The molecule has 1 N–H and O–H groups in total. The molecule has 2 amide bonds. The van der Waals surface area contributed by atoms with Gasteiger partial charge in [0.1, 0.15) is 11.5 Å². The van der Waals surface area contributed by atoms with E-state index in [4.69, 9.17) is 9.15 Å². The SMILES string of the molecule is CN(C)CCN(CC1CCCO1)C(=O)Nc1cc(-c2ccco2)nn1C. The van der Waals surface area contributed by atoms with Gasteiger partial charge in [0.05, 0.1) is 12.4 Å². The molecule has 0 aromatic carbocycles. The van der Waals surface area contributed by atoms with E-state index < -0.39 is 0 Å². The monoisotopic (exact) mass is 361 g/mol. The summed E-state index contributed by atoms with van der Waals surface area (Å²) >= 11 is 0. The Morgan fingerprint density at radius 3 is 2.92 bits per heavy atom. The normalized spacial score (nSPS) is 17.0. The van der Waals surface area contributed by atoms with E-state index in [1.165, 1.54) is 0 Å². The second-order valence-electron chi connectivity index (χ2n) is 6.83. The number of carbonyl (C=O) groups excluding carboxylic acids is 1. The third-order valence-corrected chi connectivity index (χ3v) is 4.44. The second kappa shape index (κ2) is 8.37. The summed E-state index contributed by atoms with van der Waals surface area (Å²) in [5, 5.41) is 7.36.